The van der Waals surface area contributed by atoms with Crippen molar-refractivity contribution in [1.29, 1.82) is 0 Å². The monoisotopic (exact) mass is 398 g/mol. The van der Waals surface area contributed by atoms with Gasteiger partial charge in [-0.15, -0.1) is 0 Å². The Morgan fingerprint density at radius 3 is 2.75 bits per heavy atom. The van der Waals surface area contributed by atoms with Crippen molar-refractivity contribution in [2.75, 3.05) is 31.5 Å². The van der Waals surface area contributed by atoms with E-state index in [1.165, 1.54) is 5.56 Å². The molecule has 0 bridgehead atoms. The van der Waals surface area contributed by atoms with Crippen molar-refractivity contribution in [2.24, 2.45) is 0 Å². The summed E-state index contributed by atoms with van der Waals surface area (Å²) in [4.78, 5) is 21.2. The Bertz CT molecular complexity index is 1010. The molecule has 0 radical (unpaired) electrons. The Kier molecular flexibility index (Phi) is 5.24. The number of piperazine rings is 1. The van der Waals surface area contributed by atoms with Crippen LogP contribution in [0.5, 0.6) is 0 Å². The predicted molar refractivity (Wildman–Crippen MR) is 111 cm³/mol. The molecule has 4 rings (SSSR count). The molecule has 0 atom stereocenters. The molecule has 28 heavy (non-hydrogen) atoms. The first kappa shape index (κ1) is 18.8. The third-order valence-electron chi connectivity index (χ3n) is 5.26. The summed E-state index contributed by atoms with van der Waals surface area (Å²) in [6.07, 6.45) is 0. The van der Waals surface area contributed by atoms with Gasteiger partial charge in [-0.3, -0.25) is 4.90 Å². The van der Waals surface area contributed by atoms with Gasteiger partial charge in [-0.25, -0.2) is 9.78 Å². The number of carbonyl (C=O) groups excluding carboxylic acids is 1. The molecule has 1 aliphatic heterocycles. The third-order valence-corrected chi connectivity index (χ3v) is 5.49. The number of nitrogens with zero attached hydrogens (tertiary/aromatic N) is 3. The maximum Gasteiger partial charge on any atom is 0.321 e. The van der Waals surface area contributed by atoms with E-state index in [0.29, 0.717) is 30.5 Å². The van der Waals surface area contributed by atoms with Crippen molar-refractivity contribution < 1.29 is 9.21 Å². The van der Waals surface area contributed by atoms with Crippen LogP contribution in [0.25, 0.3) is 11.1 Å². The van der Waals surface area contributed by atoms with Gasteiger partial charge in [0.2, 0.25) is 5.89 Å². The van der Waals surface area contributed by atoms with E-state index >= 15 is 0 Å². The second-order valence-electron chi connectivity index (χ2n) is 7.16. The second-order valence-corrected chi connectivity index (χ2v) is 7.60. The topological polar surface area (TPSA) is 61.6 Å². The third kappa shape index (κ3) is 3.98. The van der Waals surface area contributed by atoms with Crippen molar-refractivity contribution in [3.05, 3.63) is 58.4 Å². The van der Waals surface area contributed by atoms with E-state index in [0.717, 1.165) is 35.4 Å². The van der Waals surface area contributed by atoms with E-state index in [4.69, 9.17) is 16.0 Å². The molecule has 3 aromatic rings. The molecule has 1 aliphatic rings. The lowest BCUT2D eigenvalue weighted by Gasteiger charge is -2.34. The van der Waals surface area contributed by atoms with Crippen LogP contribution >= 0.6 is 11.6 Å². The van der Waals surface area contributed by atoms with Crippen molar-refractivity contribution in [2.45, 2.75) is 20.4 Å². The summed E-state index contributed by atoms with van der Waals surface area (Å²) >= 11 is 6.01. The molecular weight excluding hydrogens is 376 g/mol. The fourth-order valence-corrected chi connectivity index (χ4v) is 3.56. The van der Waals surface area contributed by atoms with Gasteiger partial charge in [0.15, 0.2) is 5.58 Å². The maximum absolute atomic E-state index is 12.6. The van der Waals surface area contributed by atoms with Gasteiger partial charge >= 0.3 is 6.03 Å². The van der Waals surface area contributed by atoms with Crippen LogP contribution in [-0.4, -0.2) is 47.0 Å². The van der Waals surface area contributed by atoms with Gasteiger partial charge in [0.25, 0.3) is 0 Å². The molecule has 1 N–H and O–H groups in total. The number of hydrogen-bond donors (Lipinski definition) is 1. The molecule has 2 aromatic carbocycles. The molecule has 7 heteroatoms. The number of aryl methyl sites for hydroxylation is 1. The number of aromatic nitrogens is 1. The highest BCUT2D eigenvalue weighted by Gasteiger charge is 2.23. The molecule has 0 saturated carbocycles. The van der Waals surface area contributed by atoms with Crippen LogP contribution in [0, 0.1) is 13.8 Å². The number of halogens is 1. The van der Waals surface area contributed by atoms with Gasteiger partial charge in [0, 0.05) is 36.9 Å². The van der Waals surface area contributed by atoms with E-state index in [2.05, 4.69) is 15.2 Å². The average molecular weight is 399 g/mol. The minimum absolute atomic E-state index is 0.0511. The van der Waals surface area contributed by atoms with Crippen LogP contribution in [0.4, 0.5) is 10.5 Å². The molecule has 2 amide bonds. The number of oxazole rings is 1. The molecule has 0 unspecified atom stereocenters. The van der Waals surface area contributed by atoms with Crippen LogP contribution in [0.1, 0.15) is 17.0 Å². The number of nitrogens with one attached hydrogen (secondary N) is 1. The largest absolute Gasteiger partial charge is 0.439 e. The lowest BCUT2D eigenvalue weighted by Crippen LogP contribution is -2.49. The number of amides is 2. The minimum Gasteiger partial charge on any atom is -0.439 e. The maximum atomic E-state index is 12.6. The van der Waals surface area contributed by atoms with Gasteiger partial charge in [-0.1, -0.05) is 23.7 Å². The molecule has 0 aliphatic carbocycles. The Balaban J connectivity index is 1.33. The zero-order valence-corrected chi connectivity index (χ0v) is 16.8. The molecule has 6 nitrogen and oxygen atoms in total. The summed E-state index contributed by atoms with van der Waals surface area (Å²) in [5.41, 5.74) is 4.66. The summed E-state index contributed by atoms with van der Waals surface area (Å²) in [6.45, 7) is 7.59. The second kappa shape index (κ2) is 7.81. The fraction of sp³-hybridized carbons (Fsp3) is 0.333. The quantitative estimate of drug-likeness (QED) is 0.708. The minimum atomic E-state index is -0.0511. The van der Waals surface area contributed by atoms with E-state index in [-0.39, 0.29) is 6.03 Å². The van der Waals surface area contributed by atoms with E-state index in [1.807, 2.05) is 43.0 Å². The standard InChI is InChI=1S/C21H23ClN4O2/c1-14-4-3-5-17(15(14)2)24-21(27)26-10-8-25(9-11-26)13-20-23-18-12-16(22)6-7-19(18)28-20/h3-7,12H,8-11,13H2,1-2H3,(H,24,27). The van der Waals surface area contributed by atoms with Crippen LogP contribution in [0.15, 0.2) is 40.8 Å². The molecule has 146 valence electrons. The Hall–Kier alpha value is -2.57. The zero-order valence-electron chi connectivity index (χ0n) is 16.0. The predicted octanol–water partition coefficient (Wildman–Crippen LogP) is 4.45. The number of fused-ring (bicyclic) bond motifs is 1. The van der Waals surface area contributed by atoms with Crippen LogP contribution < -0.4 is 5.32 Å². The molecule has 1 aromatic heterocycles. The summed E-state index contributed by atoms with van der Waals surface area (Å²) in [6, 6.07) is 11.3. The summed E-state index contributed by atoms with van der Waals surface area (Å²) in [7, 11) is 0. The number of anilines is 1. The first-order chi connectivity index (χ1) is 13.5. The highest BCUT2D eigenvalue weighted by atomic mass is 35.5. The van der Waals surface area contributed by atoms with Crippen molar-refractivity contribution in [3.8, 4) is 0 Å². The Morgan fingerprint density at radius 1 is 1.18 bits per heavy atom. The molecule has 1 fully saturated rings. The van der Waals surface area contributed by atoms with Crippen LogP contribution in [-0.2, 0) is 6.54 Å². The molecule has 0 spiro atoms. The van der Waals surface area contributed by atoms with E-state index in [1.54, 1.807) is 12.1 Å². The molecule has 2 heterocycles. The van der Waals surface area contributed by atoms with Crippen LogP contribution in [0.2, 0.25) is 5.02 Å². The summed E-state index contributed by atoms with van der Waals surface area (Å²) in [5.74, 6) is 0.672. The van der Waals surface area contributed by atoms with Crippen molar-refractivity contribution in [1.82, 2.24) is 14.8 Å². The molecule has 1 saturated heterocycles. The lowest BCUT2D eigenvalue weighted by atomic mass is 10.1. The number of urea groups is 1. The Morgan fingerprint density at radius 2 is 1.96 bits per heavy atom. The Labute approximate surface area is 169 Å². The number of hydrogen-bond acceptors (Lipinski definition) is 4. The summed E-state index contributed by atoms with van der Waals surface area (Å²) in [5, 5.41) is 3.68. The number of carbonyl (C=O) groups is 1. The normalized spacial score (nSPS) is 15.2. The zero-order chi connectivity index (χ0) is 19.7. The first-order valence-electron chi connectivity index (χ1n) is 9.39. The fourth-order valence-electron chi connectivity index (χ4n) is 3.40. The average Bonchev–Trinajstić information content (AvgIpc) is 3.07. The van der Waals surface area contributed by atoms with Gasteiger partial charge in [-0.05, 0) is 49.2 Å². The molecular formula is C21H23ClN4O2. The van der Waals surface area contributed by atoms with Crippen molar-refractivity contribution >= 4 is 34.4 Å². The number of rotatable bonds is 3. The highest BCUT2D eigenvalue weighted by Crippen LogP contribution is 2.22. The smallest absolute Gasteiger partial charge is 0.321 e. The van der Waals surface area contributed by atoms with Gasteiger partial charge < -0.3 is 14.6 Å². The van der Waals surface area contributed by atoms with Gasteiger partial charge in [0.1, 0.15) is 5.52 Å². The van der Waals surface area contributed by atoms with Crippen LogP contribution in [0.3, 0.4) is 0 Å². The lowest BCUT2D eigenvalue weighted by molar-refractivity contribution is 0.136. The highest BCUT2D eigenvalue weighted by molar-refractivity contribution is 6.31. The SMILES string of the molecule is Cc1cccc(NC(=O)N2CCN(Cc3nc4cc(Cl)ccc4o3)CC2)c1C. The first-order valence-corrected chi connectivity index (χ1v) is 9.77. The van der Waals surface area contributed by atoms with E-state index < -0.39 is 0 Å². The number of benzene rings is 2. The summed E-state index contributed by atoms with van der Waals surface area (Å²) < 4.78 is 5.80. The van der Waals surface area contributed by atoms with Gasteiger partial charge in [0.05, 0.1) is 6.54 Å². The van der Waals surface area contributed by atoms with E-state index in [9.17, 15) is 4.79 Å². The van der Waals surface area contributed by atoms with Crippen molar-refractivity contribution in [3.63, 3.8) is 0 Å². The van der Waals surface area contributed by atoms with Gasteiger partial charge in [-0.2, -0.15) is 0 Å².